The zero-order chi connectivity index (χ0) is 13.9. The van der Waals surface area contributed by atoms with Gasteiger partial charge in [-0.05, 0) is 30.7 Å². The molecule has 2 aromatic rings. The molecule has 1 aromatic heterocycles. The Bertz CT molecular complexity index is 668. The molecular weight excluding hydrogens is 328 g/mol. The minimum atomic E-state index is -3.47. The molecule has 0 saturated carbocycles. The number of hydrogen-bond acceptors (Lipinski definition) is 3. The summed E-state index contributed by atoms with van der Waals surface area (Å²) in [5.41, 5.74) is 0.692. The van der Waals surface area contributed by atoms with E-state index in [9.17, 15) is 8.42 Å². The average molecular weight is 343 g/mol. The minimum Gasteiger partial charge on any atom is -0.256 e. The number of nitrogens with zero attached hydrogens (tertiary/aromatic N) is 2. The lowest BCUT2D eigenvalue weighted by atomic mass is 10.2. The third kappa shape index (κ3) is 2.96. The molecule has 102 valence electrons. The summed E-state index contributed by atoms with van der Waals surface area (Å²) >= 11 is 3.31. The summed E-state index contributed by atoms with van der Waals surface area (Å²) in [4.78, 5) is 4.50. The SMILES string of the molecule is CN(CCCBr)S(=O)(=O)c1cccc2ncccc12. The van der Waals surface area contributed by atoms with Crippen molar-refractivity contribution in [3.05, 3.63) is 36.5 Å². The molecule has 4 nitrogen and oxygen atoms in total. The smallest absolute Gasteiger partial charge is 0.243 e. The van der Waals surface area contributed by atoms with Crippen molar-refractivity contribution in [3.8, 4) is 0 Å². The van der Waals surface area contributed by atoms with Crippen LogP contribution in [0.3, 0.4) is 0 Å². The zero-order valence-corrected chi connectivity index (χ0v) is 13.0. The summed E-state index contributed by atoms with van der Waals surface area (Å²) in [6.45, 7) is 0.490. The number of rotatable bonds is 5. The van der Waals surface area contributed by atoms with Gasteiger partial charge in [0.1, 0.15) is 0 Å². The maximum atomic E-state index is 12.5. The average Bonchev–Trinajstić information content (AvgIpc) is 2.43. The molecule has 0 aliphatic heterocycles. The van der Waals surface area contributed by atoms with Gasteiger partial charge in [0.05, 0.1) is 10.4 Å². The highest BCUT2D eigenvalue weighted by molar-refractivity contribution is 9.09. The Hall–Kier alpha value is -0.980. The van der Waals surface area contributed by atoms with Gasteiger partial charge in [0.2, 0.25) is 10.0 Å². The fourth-order valence-electron chi connectivity index (χ4n) is 1.87. The molecule has 0 fully saturated rings. The second-order valence-corrected chi connectivity index (χ2v) is 7.00. The molecule has 0 aliphatic rings. The largest absolute Gasteiger partial charge is 0.256 e. The molecule has 1 heterocycles. The summed E-state index contributed by atoms with van der Waals surface area (Å²) in [5.74, 6) is 0. The van der Waals surface area contributed by atoms with Crippen LogP contribution < -0.4 is 0 Å². The molecule has 0 aliphatic carbocycles. The summed E-state index contributed by atoms with van der Waals surface area (Å²) in [5, 5.41) is 1.44. The zero-order valence-electron chi connectivity index (χ0n) is 10.6. The summed E-state index contributed by atoms with van der Waals surface area (Å²) in [6, 6.07) is 8.70. The fourth-order valence-corrected chi connectivity index (χ4v) is 3.53. The number of alkyl halides is 1. The van der Waals surface area contributed by atoms with Crippen molar-refractivity contribution in [2.75, 3.05) is 18.9 Å². The van der Waals surface area contributed by atoms with Crippen LogP contribution in [0.25, 0.3) is 10.9 Å². The van der Waals surface area contributed by atoms with E-state index in [1.165, 1.54) is 4.31 Å². The predicted molar refractivity (Wildman–Crippen MR) is 80.0 cm³/mol. The topological polar surface area (TPSA) is 50.3 Å². The van der Waals surface area contributed by atoms with Gasteiger partial charge >= 0.3 is 0 Å². The van der Waals surface area contributed by atoms with Gasteiger partial charge in [-0.2, -0.15) is 0 Å². The normalized spacial score (nSPS) is 12.2. The highest BCUT2D eigenvalue weighted by Crippen LogP contribution is 2.23. The van der Waals surface area contributed by atoms with Crippen molar-refractivity contribution < 1.29 is 8.42 Å². The highest BCUT2D eigenvalue weighted by atomic mass is 79.9. The molecule has 0 saturated heterocycles. The monoisotopic (exact) mass is 342 g/mol. The Labute approximate surface area is 121 Å². The predicted octanol–water partition coefficient (Wildman–Crippen LogP) is 2.64. The number of fused-ring (bicyclic) bond motifs is 1. The van der Waals surface area contributed by atoms with E-state index in [0.717, 1.165) is 11.8 Å². The van der Waals surface area contributed by atoms with Crippen molar-refractivity contribution >= 4 is 36.9 Å². The first-order valence-corrected chi connectivity index (χ1v) is 8.49. The van der Waals surface area contributed by atoms with Crippen LogP contribution in [0.5, 0.6) is 0 Å². The van der Waals surface area contributed by atoms with Crippen molar-refractivity contribution in [1.29, 1.82) is 0 Å². The number of sulfonamides is 1. The van der Waals surface area contributed by atoms with Crippen LogP contribution >= 0.6 is 15.9 Å². The van der Waals surface area contributed by atoms with Gasteiger partial charge in [0.15, 0.2) is 0 Å². The Morgan fingerprint density at radius 3 is 2.79 bits per heavy atom. The molecule has 0 N–H and O–H groups in total. The highest BCUT2D eigenvalue weighted by Gasteiger charge is 2.22. The van der Waals surface area contributed by atoms with Gasteiger partial charge in [-0.25, -0.2) is 12.7 Å². The maximum absolute atomic E-state index is 12.5. The molecule has 19 heavy (non-hydrogen) atoms. The van der Waals surface area contributed by atoms with Crippen LogP contribution in [0.15, 0.2) is 41.4 Å². The van der Waals surface area contributed by atoms with Crippen molar-refractivity contribution in [2.24, 2.45) is 0 Å². The first kappa shape index (κ1) is 14.4. The van der Waals surface area contributed by atoms with E-state index >= 15 is 0 Å². The van der Waals surface area contributed by atoms with E-state index in [1.807, 2.05) is 6.07 Å². The molecule has 0 radical (unpaired) electrons. The third-order valence-electron chi connectivity index (χ3n) is 2.90. The quantitative estimate of drug-likeness (QED) is 0.785. The van der Waals surface area contributed by atoms with Crippen LogP contribution in [-0.4, -0.2) is 36.6 Å². The van der Waals surface area contributed by atoms with Crippen LogP contribution in [0.2, 0.25) is 0 Å². The van der Waals surface area contributed by atoms with Gasteiger partial charge in [0, 0.05) is 30.5 Å². The van der Waals surface area contributed by atoms with Crippen LogP contribution in [-0.2, 0) is 10.0 Å². The minimum absolute atomic E-state index is 0.315. The maximum Gasteiger partial charge on any atom is 0.243 e. The molecule has 6 heteroatoms. The standard InChI is InChI=1S/C13H15BrN2O2S/c1-16(10-4-8-14)19(17,18)13-7-2-6-12-11(13)5-3-9-15-12/h2-3,5-7,9H,4,8,10H2,1H3. The lowest BCUT2D eigenvalue weighted by Crippen LogP contribution is -2.28. The van der Waals surface area contributed by atoms with Crippen molar-refractivity contribution in [1.82, 2.24) is 9.29 Å². The Morgan fingerprint density at radius 2 is 2.05 bits per heavy atom. The lowest BCUT2D eigenvalue weighted by Gasteiger charge is -2.17. The van der Waals surface area contributed by atoms with Crippen molar-refractivity contribution in [2.45, 2.75) is 11.3 Å². The van der Waals surface area contributed by atoms with Crippen molar-refractivity contribution in [3.63, 3.8) is 0 Å². The summed E-state index contributed by atoms with van der Waals surface area (Å²) in [7, 11) is -1.86. The van der Waals surface area contributed by atoms with E-state index in [1.54, 1.807) is 37.5 Å². The molecule has 2 rings (SSSR count). The second-order valence-electron chi connectivity index (χ2n) is 4.20. The van der Waals surface area contributed by atoms with Gasteiger partial charge < -0.3 is 0 Å². The number of halogens is 1. The van der Waals surface area contributed by atoms with E-state index < -0.39 is 10.0 Å². The van der Waals surface area contributed by atoms with E-state index in [2.05, 4.69) is 20.9 Å². The molecular formula is C13H15BrN2O2S. The van der Waals surface area contributed by atoms with Gasteiger partial charge in [0.25, 0.3) is 0 Å². The Morgan fingerprint density at radius 1 is 1.26 bits per heavy atom. The van der Waals surface area contributed by atoms with Crippen LogP contribution in [0.4, 0.5) is 0 Å². The molecule has 0 unspecified atom stereocenters. The third-order valence-corrected chi connectivity index (χ3v) is 5.38. The van der Waals surface area contributed by atoms with Crippen LogP contribution in [0.1, 0.15) is 6.42 Å². The first-order valence-electron chi connectivity index (χ1n) is 5.93. The second kappa shape index (κ2) is 5.98. The molecule has 0 spiro atoms. The summed E-state index contributed by atoms with van der Waals surface area (Å²) < 4.78 is 26.5. The first-order chi connectivity index (χ1) is 9.07. The summed E-state index contributed by atoms with van der Waals surface area (Å²) in [6.07, 6.45) is 2.44. The number of benzene rings is 1. The molecule has 1 aromatic carbocycles. The fraction of sp³-hybridized carbons (Fsp3) is 0.308. The molecule has 0 atom stereocenters. The lowest BCUT2D eigenvalue weighted by molar-refractivity contribution is 0.471. The van der Waals surface area contributed by atoms with E-state index in [4.69, 9.17) is 0 Å². The van der Waals surface area contributed by atoms with E-state index in [-0.39, 0.29) is 0 Å². The number of pyridine rings is 1. The molecule has 0 bridgehead atoms. The number of hydrogen-bond donors (Lipinski definition) is 0. The van der Waals surface area contributed by atoms with Crippen LogP contribution in [0, 0.1) is 0 Å². The van der Waals surface area contributed by atoms with Gasteiger partial charge in [-0.3, -0.25) is 4.98 Å². The number of aromatic nitrogens is 1. The van der Waals surface area contributed by atoms with Gasteiger partial charge in [-0.15, -0.1) is 0 Å². The molecule has 0 amide bonds. The van der Waals surface area contributed by atoms with E-state index in [0.29, 0.717) is 22.3 Å². The van der Waals surface area contributed by atoms with Gasteiger partial charge in [-0.1, -0.05) is 22.0 Å². The Balaban J connectivity index is 2.49. The Kier molecular flexibility index (Phi) is 4.54.